The van der Waals surface area contributed by atoms with E-state index in [1.807, 2.05) is 13.8 Å². The first kappa shape index (κ1) is 11.7. The van der Waals surface area contributed by atoms with Gasteiger partial charge in [0.1, 0.15) is 5.78 Å². The molecule has 0 N–H and O–H groups in total. The summed E-state index contributed by atoms with van der Waals surface area (Å²) in [5, 5.41) is 0. The minimum Gasteiger partial charge on any atom is -0.299 e. The van der Waals surface area contributed by atoms with Crippen molar-refractivity contribution in [1.29, 1.82) is 0 Å². The van der Waals surface area contributed by atoms with Gasteiger partial charge in [-0.1, -0.05) is 40.5 Å². The normalized spacial score (nSPS) is 13.4. The lowest BCUT2D eigenvalue weighted by Gasteiger charge is -2.08. The van der Waals surface area contributed by atoms with Gasteiger partial charge in [-0.3, -0.25) is 4.79 Å². The standard InChI is InChI=1S/C11H22O/c1-5-10(4)7-6-8-11(12)9(2)3/h9-10H,5-8H2,1-4H3. The summed E-state index contributed by atoms with van der Waals surface area (Å²) >= 11 is 0. The lowest BCUT2D eigenvalue weighted by molar-refractivity contribution is -0.122. The number of carbonyl (C=O) groups is 1. The zero-order chi connectivity index (χ0) is 9.56. The third-order valence-electron chi connectivity index (χ3n) is 2.46. The molecule has 0 aromatic carbocycles. The van der Waals surface area contributed by atoms with E-state index in [9.17, 15) is 4.79 Å². The molecule has 0 bridgehead atoms. The Bertz CT molecular complexity index is 127. The van der Waals surface area contributed by atoms with Gasteiger partial charge in [0.15, 0.2) is 0 Å². The first-order chi connectivity index (χ1) is 5.57. The summed E-state index contributed by atoms with van der Waals surface area (Å²) in [4.78, 5) is 11.2. The molecule has 0 heterocycles. The van der Waals surface area contributed by atoms with Crippen LogP contribution in [0.3, 0.4) is 0 Å². The van der Waals surface area contributed by atoms with Crippen molar-refractivity contribution in [3.63, 3.8) is 0 Å². The fraction of sp³-hybridized carbons (Fsp3) is 0.909. The Balaban J connectivity index is 3.37. The predicted molar refractivity (Wildman–Crippen MR) is 53.2 cm³/mol. The minimum atomic E-state index is 0.224. The van der Waals surface area contributed by atoms with Crippen molar-refractivity contribution in [2.24, 2.45) is 11.8 Å². The van der Waals surface area contributed by atoms with Gasteiger partial charge in [-0.05, 0) is 12.3 Å². The van der Waals surface area contributed by atoms with Gasteiger partial charge in [-0.2, -0.15) is 0 Å². The number of rotatable bonds is 6. The molecule has 0 amide bonds. The molecule has 12 heavy (non-hydrogen) atoms. The molecular weight excluding hydrogens is 148 g/mol. The van der Waals surface area contributed by atoms with Crippen molar-refractivity contribution in [2.75, 3.05) is 0 Å². The molecule has 1 heteroatoms. The van der Waals surface area contributed by atoms with E-state index < -0.39 is 0 Å². The van der Waals surface area contributed by atoms with Crippen molar-refractivity contribution < 1.29 is 4.79 Å². The second-order valence-electron chi connectivity index (χ2n) is 4.03. The summed E-state index contributed by atoms with van der Waals surface area (Å²) < 4.78 is 0. The maximum Gasteiger partial charge on any atom is 0.135 e. The zero-order valence-corrected chi connectivity index (χ0v) is 8.89. The summed E-state index contributed by atoms with van der Waals surface area (Å²) in [7, 11) is 0. The highest BCUT2D eigenvalue weighted by Gasteiger charge is 2.07. The summed E-state index contributed by atoms with van der Waals surface area (Å²) in [6.07, 6.45) is 4.29. The molecule has 72 valence electrons. The van der Waals surface area contributed by atoms with Crippen LogP contribution in [-0.2, 0) is 4.79 Å². The predicted octanol–water partition coefficient (Wildman–Crippen LogP) is 3.43. The monoisotopic (exact) mass is 170 g/mol. The number of hydrogen-bond donors (Lipinski definition) is 0. The van der Waals surface area contributed by atoms with E-state index in [0.29, 0.717) is 5.78 Å². The molecule has 0 saturated heterocycles. The molecule has 0 aliphatic heterocycles. The van der Waals surface area contributed by atoms with Crippen LogP contribution in [0, 0.1) is 11.8 Å². The molecule has 0 aliphatic carbocycles. The number of carbonyl (C=O) groups excluding carboxylic acids is 1. The third-order valence-corrected chi connectivity index (χ3v) is 2.46. The van der Waals surface area contributed by atoms with Crippen LogP contribution in [0.5, 0.6) is 0 Å². The number of hydrogen-bond acceptors (Lipinski definition) is 1. The number of ketones is 1. The molecule has 0 radical (unpaired) electrons. The van der Waals surface area contributed by atoms with E-state index in [1.54, 1.807) is 0 Å². The van der Waals surface area contributed by atoms with E-state index >= 15 is 0 Å². The fourth-order valence-electron chi connectivity index (χ4n) is 1.12. The van der Waals surface area contributed by atoms with Gasteiger partial charge in [0, 0.05) is 12.3 Å². The molecule has 1 unspecified atom stereocenters. The van der Waals surface area contributed by atoms with Gasteiger partial charge in [0.2, 0.25) is 0 Å². The summed E-state index contributed by atoms with van der Waals surface area (Å²) in [5.74, 6) is 1.42. The van der Waals surface area contributed by atoms with Gasteiger partial charge in [0.05, 0.1) is 0 Å². The van der Waals surface area contributed by atoms with Crippen LogP contribution in [0.2, 0.25) is 0 Å². The molecule has 1 atom stereocenters. The Morgan fingerprint density at radius 3 is 2.25 bits per heavy atom. The van der Waals surface area contributed by atoms with Crippen molar-refractivity contribution in [2.45, 2.75) is 53.4 Å². The van der Waals surface area contributed by atoms with Crippen LogP contribution in [0.4, 0.5) is 0 Å². The second kappa shape index (κ2) is 6.22. The molecule has 0 aliphatic rings. The van der Waals surface area contributed by atoms with E-state index in [4.69, 9.17) is 0 Å². The smallest absolute Gasteiger partial charge is 0.135 e. The van der Waals surface area contributed by atoms with E-state index in [0.717, 1.165) is 18.8 Å². The summed E-state index contributed by atoms with van der Waals surface area (Å²) in [6.45, 7) is 8.41. The molecule has 0 aromatic rings. The van der Waals surface area contributed by atoms with Gasteiger partial charge < -0.3 is 0 Å². The lowest BCUT2D eigenvalue weighted by Crippen LogP contribution is -2.07. The lowest BCUT2D eigenvalue weighted by atomic mass is 9.97. The molecule has 0 saturated carbocycles. The minimum absolute atomic E-state index is 0.224. The van der Waals surface area contributed by atoms with Crippen LogP contribution in [0.25, 0.3) is 0 Å². The molecule has 0 spiro atoms. The average molecular weight is 170 g/mol. The van der Waals surface area contributed by atoms with Crippen molar-refractivity contribution >= 4 is 5.78 Å². The Hall–Kier alpha value is -0.330. The average Bonchev–Trinajstić information content (AvgIpc) is 2.03. The molecular formula is C11H22O. The SMILES string of the molecule is CCC(C)CCCC(=O)C(C)C. The Labute approximate surface area is 76.6 Å². The first-order valence-electron chi connectivity index (χ1n) is 5.10. The maximum absolute atomic E-state index is 11.2. The quantitative estimate of drug-likeness (QED) is 0.597. The second-order valence-corrected chi connectivity index (χ2v) is 4.03. The molecule has 0 aromatic heterocycles. The fourth-order valence-corrected chi connectivity index (χ4v) is 1.12. The number of Topliss-reactive ketones (excluding diaryl/α,β-unsaturated/α-hetero) is 1. The van der Waals surface area contributed by atoms with E-state index in [-0.39, 0.29) is 5.92 Å². The summed E-state index contributed by atoms with van der Waals surface area (Å²) in [5.41, 5.74) is 0. The van der Waals surface area contributed by atoms with Gasteiger partial charge >= 0.3 is 0 Å². The van der Waals surface area contributed by atoms with Crippen molar-refractivity contribution in [3.05, 3.63) is 0 Å². The Morgan fingerprint density at radius 2 is 1.83 bits per heavy atom. The topological polar surface area (TPSA) is 17.1 Å². The van der Waals surface area contributed by atoms with Gasteiger partial charge in [0.25, 0.3) is 0 Å². The largest absolute Gasteiger partial charge is 0.299 e. The Morgan fingerprint density at radius 1 is 1.25 bits per heavy atom. The molecule has 1 nitrogen and oxygen atoms in total. The van der Waals surface area contributed by atoms with E-state index in [1.165, 1.54) is 12.8 Å². The summed E-state index contributed by atoms with van der Waals surface area (Å²) in [6, 6.07) is 0. The molecule has 0 rings (SSSR count). The molecule has 0 fully saturated rings. The van der Waals surface area contributed by atoms with E-state index in [2.05, 4.69) is 13.8 Å². The van der Waals surface area contributed by atoms with Crippen LogP contribution in [0.15, 0.2) is 0 Å². The van der Waals surface area contributed by atoms with Gasteiger partial charge in [-0.15, -0.1) is 0 Å². The highest BCUT2D eigenvalue weighted by atomic mass is 16.1. The van der Waals surface area contributed by atoms with Crippen LogP contribution in [-0.4, -0.2) is 5.78 Å². The van der Waals surface area contributed by atoms with Crippen molar-refractivity contribution in [3.8, 4) is 0 Å². The maximum atomic E-state index is 11.2. The first-order valence-corrected chi connectivity index (χ1v) is 5.10. The van der Waals surface area contributed by atoms with Crippen LogP contribution in [0.1, 0.15) is 53.4 Å². The highest BCUT2D eigenvalue weighted by Crippen LogP contribution is 2.12. The van der Waals surface area contributed by atoms with Crippen LogP contribution >= 0.6 is 0 Å². The Kier molecular flexibility index (Phi) is 6.04. The van der Waals surface area contributed by atoms with Gasteiger partial charge in [-0.25, -0.2) is 0 Å². The highest BCUT2D eigenvalue weighted by molar-refractivity contribution is 5.80. The zero-order valence-electron chi connectivity index (χ0n) is 8.89. The third kappa shape index (κ3) is 5.34. The van der Waals surface area contributed by atoms with Crippen LogP contribution < -0.4 is 0 Å². The van der Waals surface area contributed by atoms with Crippen molar-refractivity contribution in [1.82, 2.24) is 0 Å².